The highest BCUT2D eigenvalue weighted by Gasteiger charge is 2.24. The number of allylic oxidation sites excluding steroid dienone is 2. The minimum atomic E-state index is 0.00654. The Bertz CT molecular complexity index is 1110. The summed E-state index contributed by atoms with van der Waals surface area (Å²) in [5.41, 5.74) is 3.63. The van der Waals surface area contributed by atoms with Crippen LogP contribution in [0.1, 0.15) is 41.7 Å². The Balaban J connectivity index is 0.000000211. The van der Waals surface area contributed by atoms with Gasteiger partial charge in [-0.3, -0.25) is 0 Å². The molecule has 38 heavy (non-hydrogen) atoms. The molecule has 2 N–H and O–H groups in total. The van der Waals surface area contributed by atoms with E-state index in [4.69, 9.17) is 9.39 Å². The predicted molar refractivity (Wildman–Crippen MR) is 160 cm³/mol. The average Bonchev–Trinajstić information content (AvgIpc) is 2.96. The maximum Gasteiger partial charge on any atom is 0.444 e. The molecule has 1 aliphatic heterocycles. The smallest absolute Gasteiger partial charge is 0.444 e. The van der Waals surface area contributed by atoms with Gasteiger partial charge in [0.1, 0.15) is 11.9 Å². The van der Waals surface area contributed by atoms with Crippen LogP contribution >= 0.6 is 0 Å². The van der Waals surface area contributed by atoms with Crippen LogP contribution in [-0.4, -0.2) is 46.1 Å². The number of ether oxygens (including phenoxy) is 1. The molecule has 0 radical (unpaired) electrons. The largest absolute Gasteiger partial charge is 0.485 e. The molecule has 6 heteroatoms. The molecule has 0 unspecified atom stereocenters. The van der Waals surface area contributed by atoms with Crippen molar-refractivity contribution in [1.82, 2.24) is 15.4 Å². The van der Waals surface area contributed by atoms with Crippen molar-refractivity contribution in [2.45, 2.75) is 32.0 Å². The Labute approximate surface area is 229 Å². The third-order valence-electron chi connectivity index (χ3n) is 6.43. The number of rotatable bonds is 12. The summed E-state index contributed by atoms with van der Waals surface area (Å²) in [6.45, 7) is 3.95. The van der Waals surface area contributed by atoms with Crippen LogP contribution in [0.4, 0.5) is 0 Å². The van der Waals surface area contributed by atoms with Crippen molar-refractivity contribution in [3.63, 3.8) is 0 Å². The molecule has 0 spiro atoms. The van der Waals surface area contributed by atoms with Gasteiger partial charge in [0, 0.05) is 6.42 Å². The summed E-state index contributed by atoms with van der Waals surface area (Å²) in [5.74, 6) is 3.04. The average molecular weight is 512 g/mol. The van der Waals surface area contributed by atoms with E-state index < -0.39 is 0 Å². The molecule has 4 rings (SSSR count). The lowest BCUT2D eigenvalue weighted by atomic mass is 9.78. The molecule has 1 aliphatic rings. The summed E-state index contributed by atoms with van der Waals surface area (Å²) in [6.07, 6.45) is 8.20. The molecular formula is C32H42BN3O2. The molecule has 5 nitrogen and oxygen atoms in total. The number of nitrogens with one attached hydrogen (secondary N) is 2. The first-order valence-corrected chi connectivity index (χ1v) is 13.5. The van der Waals surface area contributed by atoms with Crippen molar-refractivity contribution < 1.29 is 9.39 Å². The fraction of sp³-hybridized carbons (Fsp3) is 0.312. The molecule has 0 amide bonds. The van der Waals surface area contributed by atoms with E-state index in [0.29, 0.717) is 0 Å². The zero-order valence-corrected chi connectivity index (χ0v) is 23.2. The van der Waals surface area contributed by atoms with Gasteiger partial charge in [-0.05, 0) is 82.6 Å². The van der Waals surface area contributed by atoms with Gasteiger partial charge in [0.05, 0.1) is 6.10 Å². The number of aryl methyl sites for hydroxylation is 1. The minimum Gasteiger partial charge on any atom is -0.485 e. The lowest BCUT2D eigenvalue weighted by Gasteiger charge is -2.28. The molecule has 200 valence electrons. The molecule has 0 aliphatic carbocycles. The van der Waals surface area contributed by atoms with E-state index in [1.165, 1.54) is 16.7 Å². The molecule has 0 aromatic heterocycles. The normalized spacial score (nSPS) is 14.0. The molecule has 0 bridgehead atoms. The second-order valence-corrected chi connectivity index (χ2v) is 9.38. The highest BCUT2D eigenvalue weighted by molar-refractivity contribution is 6.55. The number of hydrogen-bond donors (Lipinski definition) is 2. The van der Waals surface area contributed by atoms with Gasteiger partial charge in [-0.15, -0.1) is 0 Å². The molecule has 0 saturated heterocycles. The van der Waals surface area contributed by atoms with Crippen LogP contribution in [0.15, 0.2) is 109 Å². The van der Waals surface area contributed by atoms with E-state index in [1.807, 2.05) is 69.8 Å². The van der Waals surface area contributed by atoms with E-state index in [9.17, 15) is 0 Å². The first-order valence-electron chi connectivity index (χ1n) is 13.5. The fourth-order valence-electron chi connectivity index (χ4n) is 4.21. The third-order valence-corrected chi connectivity index (χ3v) is 6.43. The van der Waals surface area contributed by atoms with Crippen LogP contribution in [0.5, 0.6) is 5.75 Å². The number of benzene rings is 3. The quantitative estimate of drug-likeness (QED) is 0.287. The highest BCUT2D eigenvalue weighted by atomic mass is 16.5. The summed E-state index contributed by atoms with van der Waals surface area (Å²) in [5, 5.41) is 6.38. The van der Waals surface area contributed by atoms with Gasteiger partial charge in [-0.2, -0.15) is 0 Å². The fourth-order valence-corrected chi connectivity index (χ4v) is 4.21. The summed E-state index contributed by atoms with van der Waals surface area (Å²) in [7, 11) is 5.98. The molecule has 3 aromatic carbocycles. The van der Waals surface area contributed by atoms with Crippen molar-refractivity contribution in [3.8, 4) is 5.75 Å². The van der Waals surface area contributed by atoms with E-state index in [0.717, 1.165) is 31.7 Å². The predicted octanol–water partition coefficient (Wildman–Crippen LogP) is 6.12. The highest BCUT2D eigenvalue weighted by Crippen LogP contribution is 2.27. The molecule has 0 saturated carbocycles. The van der Waals surface area contributed by atoms with Gasteiger partial charge < -0.3 is 24.8 Å². The standard InChI is InChI=1S/C17H21NO.C15H21BN2O/c1-14-8-6-7-11-16(14)19-17(12-13-18-2)15-9-4-3-5-10-15;1-17-12-10-15(14-8-4-3-5-9-14)19-16-11-6-7-13-18(16)2/h3-11,17-18H,12-13H2,1-2H3;3-9,11,13,15,17H,10,12H2,1-2H3/t17-;15-/m11/s1. The SMILES string of the molecule is CNCC[C@@H](OB1C=CC=CN1C)c1ccccc1.CNCC[C@@H](Oc1ccccc1C)c1ccccc1. The van der Waals surface area contributed by atoms with Crippen LogP contribution in [-0.2, 0) is 4.65 Å². The van der Waals surface area contributed by atoms with Gasteiger partial charge in [-0.25, -0.2) is 0 Å². The van der Waals surface area contributed by atoms with Gasteiger partial charge in [0.2, 0.25) is 0 Å². The maximum absolute atomic E-state index is 6.24. The van der Waals surface area contributed by atoms with E-state index in [2.05, 4.69) is 82.9 Å². The monoisotopic (exact) mass is 511 g/mol. The van der Waals surface area contributed by atoms with Crippen LogP contribution in [0, 0.1) is 6.92 Å². The minimum absolute atomic E-state index is 0.00654. The second-order valence-electron chi connectivity index (χ2n) is 9.38. The Morgan fingerprint density at radius 2 is 1.29 bits per heavy atom. The number of para-hydroxylation sites is 1. The van der Waals surface area contributed by atoms with Gasteiger partial charge >= 0.3 is 7.05 Å². The van der Waals surface area contributed by atoms with Gasteiger partial charge in [-0.1, -0.05) is 90.9 Å². The number of nitrogens with zero attached hydrogens (tertiary/aromatic N) is 1. The van der Waals surface area contributed by atoms with E-state index >= 15 is 0 Å². The summed E-state index contributed by atoms with van der Waals surface area (Å²) < 4.78 is 12.4. The summed E-state index contributed by atoms with van der Waals surface area (Å²) >= 11 is 0. The van der Waals surface area contributed by atoms with E-state index in [1.54, 1.807) is 0 Å². The Hall–Kier alpha value is -3.32. The van der Waals surface area contributed by atoms with Gasteiger partial charge in [0.15, 0.2) is 0 Å². The Morgan fingerprint density at radius 1 is 0.737 bits per heavy atom. The van der Waals surface area contributed by atoms with Crippen molar-refractivity contribution in [2.75, 3.05) is 34.2 Å². The number of hydrogen-bond acceptors (Lipinski definition) is 5. The van der Waals surface area contributed by atoms with Crippen molar-refractivity contribution in [1.29, 1.82) is 0 Å². The zero-order valence-electron chi connectivity index (χ0n) is 23.2. The summed E-state index contributed by atoms with van der Waals surface area (Å²) in [4.78, 5) is 2.08. The first-order chi connectivity index (χ1) is 18.6. The van der Waals surface area contributed by atoms with Gasteiger partial charge in [0.25, 0.3) is 0 Å². The van der Waals surface area contributed by atoms with E-state index in [-0.39, 0.29) is 19.3 Å². The zero-order chi connectivity index (χ0) is 27.0. The Morgan fingerprint density at radius 3 is 1.87 bits per heavy atom. The molecule has 1 heterocycles. The van der Waals surface area contributed by atoms with Crippen LogP contribution in [0.3, 0.4) is 0 Å². The lowest BCUT2D eigenvalue weighted by molar-refractivity contribution is 0.181. The summed E-state index contributed by atoms with van der Waals surface area (Å²) in [6, 6.07) is 29.0. The van der Waals surface area contributed by atoms with Crippen LogP contribution in [0.2, 0.25) is 0 Å². The maximum atomic E-state index is 6.24. The third kappa shape index (κ3) is 9.53. The van der Waals surface area contributed by atoms with Crippen molar-refractivity contribution in [2.24, 2.45) is 0 Å². The topological polar surface area (TPSA) is 45.8 Å². The molecule has 3 aromatic rings. The van der Waals surface area contributed by atoms with Crippen molar-refractivity contribution in [3.05, 3.63) is 126 Å². The van der Waals surface area contributed by atoms with Crippen LogP contribution < -0.4 is 15.4 Å². The molecule has 0 fully saturated rings. The van der Waals surface area contributed by atoms with Crippen molar-refractivity contribution >= 4 is 7.05 Å². The van der Waals surface area contributed by atoms with Crippen LogP contribution in [0.25, 0.3) is 0 Å². The lowest BCUT2D eigenvalue weighted by Crippen LogP contribution is -2.36. The Kier molecular flexibility index (Phi) is 12.7. The molecular weight excluding hydrogens is 469 g/mol. The second kappa shape index (κ2) is 16.5. The first kappa shape index (κ1) is 29.2. The molecule has 2 atom stereocenters.